The lowest BCUT2D eigenvalue weighted by atomic mass is 10.2. The summed E-state index contributed by atoms with van der Waals surface area (Å²) in [6, 6.07) is 9.66. The van der Waals surface area contributed by atoms with Crippen LogP contribution in [0.1, 0.15) is 24.2 Å². The van der Waals surface area contributed by atoms with Gasteiger partial charge in [-0.25, -0.2) is 9.18 Å². The van der Waals surface area contributed by atoms with E-state index in [0.29, 0.717) is 11.4 Å². The first-order valence-electron chi connectivity index (χ1n) is 7.61. The highest BCUT2D eigenvalue weighted by Crippen LogP contribution is 2.19. The van der Waals surface area contributed by atoms with E-state index in [1.165, 1.54) is 19.9 Å². The van der Waals surface area contributed by atoms with Crippen molar-refractivity contribution in [3.63, 3.8) is 0 Å². The highest BCUT2D eigenvalue weighted by Gasteiger charge is 2.21. The summed E-state index contributed by atoms with van der Waals surface area (Å²) in [4.78, 5) is 35.1. The number of nitrogens with one attached hydrogen (secondary N) is 2. The third-order valence-corrected chi connectivity index (χ3v) is 3.59. The Morgan fingerprint density at radius 1 is 1.04 bits per heavy atom. The molecule has 0 aliphatic heterocycles. The smallest absolute Gasteiger partial charge is 0.340 e. The molecule has 0 spiro atoms. The number of ether oxygens (including phenoxy) is 1. The van der Waals surface area contributed by atoms with Crippen LogP contribution in [0.5, 0.6) is 0 Å². The molecule has 1 atom stereocenters. The molecule has 136 valence electrons. The summed E-state index contributed by atoms with van der Waals surface area (Å²) in [6.07, 6.45) is -1.10. The van der Waals surface area contributed by atoms with Gasteiger partial charge in [0.25, 0.3) is 5.91 Å². The van der Waals surface area contributed by atoms with Gasteiger partial charge in [-0.05, 0) is 49.4 Å². The van der Waals surface area contributed by atoms with E-state index in [1.54, 1.807) is 24.3 Å². The van der Waals surface area contributed by atoms with Crippen LogP contribution in [0, 0.1) is 5.82 Å². The van der Waals surface area contributed by atoms with E-state index < -0.39 is 23.8 Å². The molecular formula is C18H16ClFN2O4. The first-order chi connectivity index (χ1) is 12.3. The van der Waals surface area contributed by atoms with Crippen molar-refractivity contribution in [2.24, 2.45) is 0 Å². The van der Waals surface area contributed by atoms with Gasteiger partial charge in [-0.15, -0.1) is 0 Å². The molecule has 0 heterocycles. The van der Waals surface area contributed by atoms with Crippen LogP contribution in [0.2, 0.25) is 5.02 Å². The molecule has 6 nitrogen and oxygen atoms in total. The zero-order valence-corrected chi connectivity index (χ0v) is 14.8. The normalized spacial score (nSPS) is 11.4. The van der Waals surface area contributed by atoms with Crippen molar-refractivity contribution in [2.45, 2.75) is 20.0 Å². The fourth-order valence-electron chi connectivity index (χ4n) is 2.02. The zero-order chi connectivity index (χ0) is 19.3. The van der Waals surface area contributed by atoms with Crippen LogP contribution >= 0.6 is 11.6 Å². The summed E-state index contributed by atoms with van der Waals surface area (Å²) in [5.41, 5.74) is 1.01. The van der Waals surface area contributed by atoms with Crippen LogP contribution in [0.25, 0.3) is 0 Å². The Labute approximate surface area is 154 Å². The minimum absolute atomic E-state index is 0.0348. The van der Waals surface area contributed by atoms with Crippen molar-refractivity contribution in [2.75, 3.05) is 10.6 Å². The molecule has 0 unspecified atom stereocenters. The Balaban J connectivity index is 1.96. The van der Waals surface area contributed by atoms with E-state index in [0.717, 1.165) is 12.1 Å². The van der Waals surface area contributed by atoms with Gasteiger partial charge in [-0.2, -0.15) is 0 Å². The van der Waals surface area contributed by atoms with Gasteiger partial charge in [-0.1, -0.05) is 11.6 Å². The van der Waals surface area contributed by atoms with E-state index in [-0.39, 0.29) is 16.5 Å². The number of hydrogen-bond acceptors (Lipinski definition) is 4. The third kappa shape index (κ3) is 5.29. The van der Waals surface area contributed by atoms with E-state index >= 15 is 0 Å². The van der Waals surface area contributed by atoms with Crippen molar-refractivity contribution in [1.29, 1.82) is 0 Å². The molecule has 2 amide bonds. The Bertz CT molecular complexity index is 840. The molecule has 0 aliphatic rings. The molecule has 2 aromatic carbocycles. The van der Waals surface area contributed by atoms with E-state index in [1.807, 2.05) is 0 Å². The summed E-state index contributed by atoms with van der Waals surface area (Å²) < 4.78 is 18.1. The van der Waals surface area contributed by atoms with Crippen LogP contribution in [0.15, 0.2) is 42.5 Å². The summed E-state index contributed by atoms with van der Waals surface area (Å²) in [6.45, 7) is 2.79. The summed E-state index contributed by atoms with van der Waals surface area (Å²) in [5.74, 6) is -2.18. The maximum atomic E-state index is 13.0. The Hall–Kier alpha value is -2.93. The lowest BCUT2D eigenvalue weighted by Gasteiger charge is -2.14. The van der Waals surface area contributed by atoms with Crippen molar-refractivity contribution in [1.82, 2.24) is 0 Å². The Kier molecular flexibility index (Phi) is 6.30. The molecule has 0 fully saturated rings. The highest BCUT2D eigenvalue weighted by atomic mass is 35.5. The number of hydrogen-bond donors (Lipinski definition) is 2. The predicted molar refractivity (Wildman–Crippen MR) is 95.7 cm³/mol. The highest BCUT2D eigenvalue weighted by molar-refractivity contribution is 6.33. The van der Waals surface area contributed by atoms with Crippen LogP contribution in [-0.2, 0) is 14.3 Å². The number of benzene rings is 2. The van der Waals surface area contributed by atoms with Crippen molar-refractivity contribution in [3.8, 4) is 0 Å². The average Bonchev–Trinajstić information content (AvgIpc) is 2.55. The molecule has 0 aromatic heterocycles. The Morgan fingerprint density at radius 2 is 1.62 bits per heavy atom. The summed E-state index contributed by atoms with van der Waals surface area (Å²) >= 11 is 5.80. The van der Waals surface area contributed by atoms with Gasteiger partial charge in [0.05, 0.1) is 10.6 Å². The number of carbonyl (C=O) groups is 3. The second-order valence-electron chi connectivity index (χ2n) is 5.42. The topological polar surface area (TPSA) is 84.5 Å². The van der Waals surface area contributed by atoms with E-state index in [9.17, 15) is 18.8 Å². The van der Waals surface area contributed by atoms with E-state index in [4.69, 9.17) is 16.3 Å². The monoisotopic (exact) mass is 378 g/mol. The number of esters is 1. The second-order valence-corrected chi connectivity index (χ2v) is 5.83. The number of rotatable bonds is 5. The fraction of sp³-hybridized carbons (Fsp3) is 0.167. The molecule has 26 heavy (non-hydrogen) atoms. The molecule has 8 heteroatoms. The van der Waals surface area contributed by atoms with E-state index in [2.05, 4.69) is 10.6 Å². The number of anilines is 2. The average molecular weight is 379 g/mol. The van der Waals surface area contributed by atoms with Crippen molar-refractivity contribution >= 4 is 40.8 Å². The largest absolute Gasteiger partial charge is 0.449 e. The van der Waals surface area contributed by atoms with Gasteiger partial charge in [0.15, 0.2) is 6.10 Å². The van der Waals surface area contributed by atoms with Crippen molar-refractivity contribution < 1.29 is 23.5 Å². The Morgan fingerprint density at radius 3 is 2.15 bits per heavy atom. The molecule has 2 N–H and O–H groups in total. The SMILES string of the molecule is CC(=O)Nc1ccc(NC(=O)[C@@H](C)OC(=O)c2ccc(F)cc2Cl)cc1. The zero-order valence-electron chi connectivity index (χ0n) is 14.0. The maximum absolute atomic E-state index is 13.0. The third-order valence-electron chi connectivity index (χ3n) is 3.28. The first-order valence-corrected chi connectivity index (χ1v) is 7.98. The molecule has 0 saturated heterocycles. The standard InChI is InChI=1S/C18H16ClFN2O4/c1-10(26-18(25)15-8-3-12(20)9-16(15)19)17(24)22-14-6-4-13(5-7-14)21-11(2)23/h3-10H,1-2H3,(H,21,23)(H,22,24)/t10-/m1/s1. The van der Waals surface area contributed by atoms with Gasteiger partial charge < -0.3 is 15.4 Å². The van der Waals surface area contributed by atoms with Gasteiger partial charge >= 0.3 is 5.97 Å². The second kappa shape index (κ2) is 8.44. The van der Waals surface area contributed by atoms with Gasteiger partial charge in [0.1, 0.15) is 5.82 Å². The summed E-state index contributed by atoms with van der Waals surface area (Å²) in [7, 11) is 0. The minimum Gasteiger partial charge on any atom is -0.449 e. The van der Waals surface area contributed by atoms with Crippen LogP contribution in [-0.4, -0.2) is 23.9 Å². The molecule has 2 aromatic rings. The lowest BCUT2D eigenvalue weighted by molar-refractivity contribution is -0.123. The molecule has 0 radical (unpaired) electrons. The van der Waals surface area contributed by atoms with Crippen LogP contribution < -0.4 is 10.6 Å². The fourth-order valence-corrected chi connectivity index (χ4v) is 2.26. The summed E-state index contributed by atoms with van der Waals surface area (Å²) in [5, 5.41) is 5.08. The van der Waals surface area contributed by atoms with Gasteiger partial charge in [0, 0.05) is 18.3 Å². The lowest BCUT2D eigenvalue weighted by Crippen LogP contribution is -2.30. The predicted octanol–water partition coefficient (Wildman–Crippen LogP) is 3.62. The van der Waals surface area contributed by atoms with Gasteiger partial charge in [0.2, 0.25) is 5.91 Å². The quantitative estimate of drug-likeness (QED) is 0.778. The number of halogens is 2. The first kappa shape index (κ1) is 19.4. The number of amides is 2. The van der Waals surface area contributed by atoms with Crippen molar-refractivity contribution in [3.05, 3.63) is 58.9 Å². The molecule has 2 rings (SSSR count). The van der Waals surface area contributed by atoms with Crippen LogP contribution in [0.3, 0.4) is 0 Å². The molecule has 0 bridgehead atoms. The molecular weight excluding hydrogens is 363 g/mol. The molecule has 0 aliphatic carbocycles. The van der Waals surface area contributed by atoms with Gasteiger partial charge in [-0.3, -0.25) is 9.59 Å². The van der Waals surface area contributed by atoms with Crippen LogP contribution in [0.4, 0.5) is 15.8 Å². The molecule has 0 saturated carbocycles. The minimum atomic E-state index is -1.10. The maximum Gasteiger partial charge on any atom is 0.340 e. The number of carbonyl (C=O) groups excluding carboxylic acids is 3.